The average Bonchev–Trinajstić information content (AvgIpc) is 2.62. The molecule has 1 saturated heterocycles. The second-order valence-electron chi connectivity index (χ2n) is 5.89. The summed E-state index contributed by atoms with van der Waals surface area (Å²) in [5, 5.41) is 2.66. The second-order valence-corrected chi connectivity index (χ2v) is 5.89. The number of carbonyl (C=O) groups excluding carboxylic acids is 2. The molecule has 3 rings (SSSR count). The summed E-state index contributed by atoms with van der Waals surface area (Å²) in [5.41, 5.74) is 1.61. The van der Waals surface area contributed by atoms with Crippen molar-refractivity contribution in [2.75, 3.05) is 25.0 Å². The van der Waals surface area contributed by atoms with E-state index in [-0.39, 0.29) is 17.6 Å². The highest BCUT2D eigenvalue weighted by Gasteiger charge is 2.27. The van der Waals surface area contributed by atoms with Crippen LogP contribution in [0.3, 0.4) is 0 Å². The maximum atomic E-state index is 14.0. The average molecular weight is 342 g/mol. The van der Waals surface area contributed by atoms with Crippen molar-refractivity contribution in [1.29, 1.82) is 0 Å². The molecular weight excluding hydrogens is 323 g/mol. The molecule has 25 heavy (non-hydrogen) atoms. The standard InChI is InChI=1S/C19H19FN2O3/c1-13(23)21-15-8-6-14(7-9-15)19(24)22-10-11-25-18(12-22)16-4-2-3-5-17(16)20/h2-9,18H,10-12H2,1H3,(H,21,23). The number of morpholine rings is 1. The first kappa shape index (κ1) is 17.1. The second kappa shape index (κ2) is 7.44. The summed E-state index contributed by atoms with van der Waals surface area (Å²) < 4.78 is 19.6. The van der Waals surface area contributed by atoms with Crippen molar-refractivity contribution in [3.8, 4) is 0 Å². The Morgan fingerprint density at radius 1 is 1.16 bits per heavy atom. The molecule has 0 saturated carbocycles. The van der Waals surface area contributed by atoms with Crippen molar-refractivity contribution in [2.24, 2.45) is 0 Å². The van der Waals surface area contributed by atoms with E-state index >= 15 is 0 Å². The van der Waals surface area contributed by atoms with Crippen molar-refractivity contribution in [2.45, 2.75) is 13.0 Å². The van der Waals surface area contributed by atoms with Gasteiger partial charge in [0, 0.05) is 30.3 Å². The maximum Gasteiger partial charge on any atom is 0.254 e. The van der Waals surface area contributed by atoms with E-state index in [1.54, 1.807) is 47.4 Å². The first-order chi connectivity index (χ1) is 12.0. The van der Waals surface area contributed by atoms with Gasteiger partial charge in [-0.1, -0.05) is 18.2 Å². The molecule has 0 bridgehead atoms. The molecule has 1 atom stereocenters. The zero-order chi connectivity index (χ0) is 17.8. The molecule has 0 spiro atoms. The van der Waals surface area contributed by atoms with Crippen LogP contribution in [-0.4, -0.2) is 36.4 Å². The number of nitrogens with one attached hydrogen (secondary N) is 1. The Kier molecular flexibility index (Phi) is 5.09. The van der Waals surface area contributed by atoms with Gasteiger partial charge in [-0.25, -0.2) is 4.39 Å². The van der Waals surface area contributed by atoms with Crippen LogP contribution in [0.1, 0.15) is 28.9 Å². The van der Waals surface area contributed by atoms with Crippen LogP contribution in [-0.2, 0) is 9.53 Å². The van der Waals surface area contributed by atoms with Crippen LogP contribution in [0.5, 0.6) is 0 Å². The Labute approximate surface area is 145 Å². The molecule has 6 heteroatoms. The summed E-state index contributed by atoms with van der Waals surface area (Å²) in [6.45, 7) is 2.54. The Morgan fingerprint density at radius 3 is 2.56 bits per heavy atom. The van der Waals surface area contributed by atoms with Gasteiger partial charge < -0.3 is 15.0 Å². The Morgan fingerprint density at radius 2 is 1.88 bits per heavy atom. The number of anilines is 1. The first-order valence-electron chi connectivity index (χ1n) is 8.07. The van der Waals surface area contributed by atoms with E-state index < -0.39 is 6.10 Å². The lowest BCUT2D eigenvalue weighted by atomic mass is 10.1. The summed E-state index contributed by atoms with van der Waals surface area (Å²) in [5.74, 6) is -0.638. The van der Waals surface area contributed by atoms with Crippen molar-refractivity contribution in [1.82, 2.24) is 4.90 Å². The number of halogens is 1. The number of nitrogens with zero attached hydrogens (tertiary/aromatic N) is 1. The molecule has 1 aliphatic rings. The van der Waals surface area contributed by atoms with Crippen LogP contribution in [0.4, 0.5) is 10.1 Å². The molecule has 0 radical (unpaired) electrons. The molecule has 130 valence electrons. The molecule has 1 aliphatic heterocycles. The van der Waals surface area contributed by atoms with E-state index in [1.165, 1.54) is 13.0 Å². The van der Waals surface area contributed by atoms with Crippen LogP contribution in [0, 0.1) is 5.82 Å². The van der Waals surface area contributed by atoms with E-state index in [1.807, 2.05) is 0 Å². The molecule has 0 aromatic heterocycles. The molecule has 1 unspecified atom stereocenters. The van der Waals surface area contributed by atoms with Gasteiger partial charge in [-0.15, -0.1) is 0 Å². The van der Waals surface area contributed by atoms with E-state index in [9.17, 15) is 14.0 Å². The lowest BCUT2D eigenvalue weighted by molar-refractivity contribution is -0.114. The maximum absolute atomic E-state index is 14.0. The van der Waals surface area contributed by atoms with E-state index in [4.69, 9.17) is 4.74 Å². The Balaban J connectivity index is 1.71. The highest BCUT2D eigenvalue weighted by molar-refractivity contribution is 5.95. The van der Waals surface area contributed by atoms with Crippen LogP contribution < -0.4 is 5.32 Å². The lowest BCUT2D eigenvalue weighted by Gasteiger charge is -2.33. The predicted molar refractivity (Wildman–Crippen MR) is 91.7 cm³/mol. The van der Waals surface area contributed by atoms with Crippen molar-refractivity contribution in [3.05, 3.63) is 65.5 Å². The fourth-order valence-corrected chi connectivity index (χ4v) is 2.84. The smallest absolute Gasteiger partial charge is 0.254 e. The number of rotatable bonds is 3. The minimum absolute atomic E-state index is 0.140. The van der Waals surface area contributed by atoms with Crippen molar-refractivity contribution in [3.63, 3.8) is 0 Å². The highest BCUT2D eigenvalue weighted by atomic mass is 19.1. The van der Waals surface area contributed by atoms with Crippen LogP contribution in [0.15, 0.2) is 48.5 Å². The molecule has 5 nitrogen and oxygen atoms in total. The van der Waals surface area contributed by atoms with E-state index in [0.29, 0.717) is 36.5 Å². The Hall–Kier alpha value is -2.73. The number of hydrogen-bond donors (Lipinski definition) is 1. The molecule has 1 N–H and O–H groups in total. The van der Waals surface area contributed by atoms with Crippen molar-refractivity contribution >= 4 is 17.5 Å². The quantitative estimate of drug-likeness (QED) is 0.933. The van der Waals surface area contributed by atoms with Gasteiger partial charge in [0.05, 0.1) is 13.2 Å². The third kappa shape index (κ3) is 4.03. The van der Waals surface area contributed by atoms with Gasteiger partial charge in [0.2, 0.25) is 5.91 Å². The summed E-state index contributed by atoms with van der Waals surface area (Å²) in [6.07, 6.45) is -0.474. The fraction of sp³-hybridized carbons (Fsp3) is 0.263. The molecular formula is C19H19FN2O3. The third-order valence-corrected chi connectivity index (χ3v) is 4.06. The van der Waals surface area contributed by atoms with E-state index in [0.717, 1.165) is 0 Å². The van der Waals surface area contributed by atoms with E-state index in [2.05, 4.69) is 5.32 Å². The number of ether oxygens (including phenoxy) is 1. The number of hydrogen-bond acceptors (Lipinski definition) is 3. The molecule has 2 aromatic rings. The minimum Gasteiger partial charge on any atom is -0.370 e. The van der Waals surface area contributed by atoms with Gasteiger partial charge in [-0.2, -0.15) is 0 Å². The molecule has 1 fully saturated rings. The fourth-order valence-electron chi connectivity index (χ4n) is 2.84. The van der Waals surface area contributed by atoms with Gasteiger partial charge in [0.15, 0.2) is 0 Å². The van der Waals surface area contributed by atoms with Gasteiger partial charge in [-0.05, 0) is 30.3 Å². The monoisotopic (exact) mass is 342 g/mol. The third-order valence-electron chi connectivity index (χ3n) is 4.06. The zero-order valence-corrected chi connectivity index (χ0v) is 13.9. The predicted octanol–water partition coefficient (Wildman–Crippen LogP) is 3.00. The summed E-state index contributed by atoms with van der Waals surface area (Å²) >= 11 is 0. The topological polar surface area (TPSA) is 58.6 Å². The van der Waals surface area contributed by atoms with Gasteiger partial charge in [0.1, 0.15) is 11.9 Å². The van der Waals surface area contributed by atoms with Crippen molar-refractivity contribution < 1.29 is 18.7 Å². The van der Waals surface area contributed by atoms with Crippen LogP contribution >= 0.6 is 0 Å². The number of amides is 2. The molecule has 2 aromatic carbocycles. The Bertz CT molecular complexity index is 776. The lowest BCUT2D eigenvalue weighted by Crippen LogP contribution is -2.42. The first-order valence-corrected chi connectivity index (χ1v) is 8.07. The summed E-state index contributed by atoms with van der Waals surface area (Å²) in [7, 11) is 0. The van der Waals surface area contributed by atoms with Crippen LogP contribution in [0.2, 0.25) is 0 Å². The zero-order valence-electron chi connectivity index (χ0n) is 13.9. The highest BCUT2D eigenvalue weighted by Crippen LogP contribution is 2.25. The summed E-state index contributed by atoms with van der Waals surface area (Å²) in [6, 6.07) is 13.1. The number of carbonyl (C=O) groups is 2. The van der Waals surface area contributed by atoms with Gasteiger partial charge in [0.25, 0.3) is 5.91 Å². The number of benzene rings is 2. The van der Waals surface area contributed by atoms with Gasteiger partial charge >= 0.3 is 0 Å². The normalized spacial score (nSPS) is 17.2. The molecule has 0 aliphatic carbocycles. The molecule has 1 heterocycles. The van der Waals surface area contributed by atoms with Crippen LogP contribution in [0.25, 0.3) is 0 Å². The molecule has 2 amide bonds. The largest absolute Gasteiger partial charge is 0.370 e. The summed E-state index contributed by atoms with van der Waals surface area (Å²) in [4.78, 5) is 25.4. The van der Waals surface area contributed by atoms with Gasteiger partial charge in [-0.3, -0.25) is 9.59 Å². The minimum atomic E-state index is -0.474. The SMILES string of the molecule is CC(=O)Nc1ccc(C(=O)N2CCOC(c3ccccc3F)C2)cc1.